The minimum atomic E-state index is -3.31. The molecule has 5 heteroatoms. The summed E-state index contributed by atoms with van der Waals surface area (Å²) in [5.74, 6) is 0.675. The third kappa shape index (κ3) is 4.64. The van der Waals surface area contributed by atoms with Gasteiger partial charge in [-0.15, -0.1) is 0 Å². The van der Waals surface area contributed by atoms with Gasteiger partial charge in [-0.3, -0.25) is 4.57 Å². The van der Waals surface area contributed by atoms with E-state index in [9.17, 15) is 9.83 Å². The molecular weight excluding hydrogens is 403 g/mol. The van der Waals surface area contributed by atoms with Crippen molar-refractivity contribution in [3.05, 3.63) is 102 Å². The average molecular weight is 430 g/mol. The molecule has 4 nitrogen and oxygen atoms in total. The molecule has 0 fully saturated rings. The van der Waals surface area contributed by atoms with Crippen LogP contribution in [0.2, 0.25) is 0 Å². The Morgan fingerprint density at radius 3 is 2.10 bits per heavy atom. The summed E-state index contributed by atoms with van der Waals surface area (Å²) >= 11 is 0. The highest BCUT2D eigenvalue weighted by molar-refractivity contribution is 7.77. The Hall–Kier alpha value is -3.12. The van der Waals surface area contributed by atoms with Gasteiger partial charge in [0.05, 0.1) is 24.3 Å². The van der Waals surface area contributed by atoms with Crippen LogP contribution in [0.4, 0.5) is 0 Å². The molecule has 158 valence electrons. The maximum absolute atomic E-state index is 14.7. The van der Waals surface area contributed by atoms with Crippen LogP contribution in [-0.4, -0.2) is 7.11 Å². The van der Waals surface area contributed by atoms with E-state index in [1.807, 2.05) is 105 Å². The topological polar surface area (TPSA) is 62.1 Å². The van der Waals surface area contributed by atoms with Gasteiger partial charge in [-0.2, -0.15) is 5.26 Å². The van der Waals surface area contributed by atoms with Crippen molar-refractivity contribution >= 4 is 17.9 Å². The Labute approximate surface area is 184 Å². The number of allylic oxidation sites excluding steroid dienone is 1. The van der Waals surface area contributed by atoms with E-state index in [0.717, 1.165) is 5.56 Å². The molecule has 1 atom stereocenters. The first kappa shape index (κ1) is 22.6. The smallest absolute Gasteiger partial charge is 0.205 e. The lowest BCUT2D eigenvalue weighted by Gasteiger charge is -2.36. The number of rotatable bonds is 8. The lowest BCUT2D eigenvalue weighted by Crippen LogP contribution is -2.43. The predicted molar refractivity (Wildman–Crippen MR) is 127 cm³/mol. The van der Waals surface area contributed by atoms with Gasteiger partial charge in [-0.25, -0.2) is 5.09 Å². The molecule has 0 saturated heterocycles. The second-order valence-corrected chi connectivity index (χ2v) is 9.86. The molecule has 0 saturated carbocycles. The summed E-state index contributed by atoms with van der Waals surface area (Å²) in [6, 6.07) is 28.7. The van der Waals surface area contributed by atoms with E-state index in [0.29, 0.717) is 28.4 Å². The van der Waals surface area contributed by atoms with Gasteiger partial charge < -0.3 is 4.74 Å². The zero-order valence-electron chi connectivity index (χ0n) is 18.1. The fourth-order valence-corrected chi connectivity index (χ4v) is 6.27. The SMILES string of the molecule is CC/C=C(/C#N)[C@@](C)(NP(=O)(c1ccccc1)c1ccccc1)c1cccc(OC)c1. The first-order valence-corrected chi connectivity index (χ1v) is 11.9. The Bertz CT molecular complexity index is 1090. The van der Waals surface area contributed by atoms with Crippen molar-refractivity contribution in [1.29, 1.82) is 5.26 Å². The first-order chi connectivity index (χ1) is 15.0. The maximum atomic E-state index is 14.7. The second-order valence-electron chi connectivity index (χ2n) is 7.39. The summed E-state index contributed by atoms with van der Waals surface area (Å²) in [5, 5.41) is 14.9. The van der Waals surface area contributed by atoms with Crippen LogP contribution < -0.4 is 20.4 Å². The number of methoxy groups -OCH3 is 1. The van der Waals surface area contributed by atoms with Crippen molar-refractivity contribution in [1.82, 2.24) is 5.09 Å². The van der Waals surface area contributed by atoms with Crippen LogP contribution in [0, 0.1) is 11.3 Å². The lowest BCUT2D eigenvalue weighted by atomic mass is 9.85. The molecule has 0 radical (unpaired) electrons. The summed E-state index contributed by atoms with van der Waals surface area (Å²) in [6.07, 6.45) is 2.57. The van der Waals surface area contributed by atoms with Crippen molar-refractivity contribution in [3.63, 3.8) is 0 Å². The molecule has 3 aromatic rings. The summed E-state index contributed by atoms with van der Waals surface area (Å²) in [5.41, 5.74) is 0.316. The Morgan fingerprint density at radius 2 is 1.61 bits per heavy atom. The highest BCUT2D eigenvalue weighted by Crippen LogP contribution is 2.46. The molecule has 0 aromatic heterocycles. The fourth-order valence-electron chi connectivity index (χ4n) is 3.65. The van der Waals surface area contributed by atoms with Gasteiger partial charge in [0.1, 0.15) is 5.75 Å². The van der Waals surface area contributed by atoms with Gasteiger partial charge in [0.25, 0.3) is 0 Å². The molecule has 3 aromatic carbocycles. The van der Waals surface area contributed by atoms with Crippen LogP contribution in [0.25, 0.3) is 0 Å². The fraction of sp³-hybridized carbons (Fsp3) is 0.192. The predicted octanol–water partition coefficient (Wildman–Crippen LogP) is 5.29. The summed E-state index contributed by atoms with van der Waals surface area (Å²) in [6.45, 7) is 3.89. The van der Waals surface area contributed by atoms with Crippen molar-refractivity contribution in [2.75, 3.05) is 7.11 Å². The van der Waals surface area contributed by atoms with Crippen molar-refractivity contribution < 1.29 is 9.30 Å². The number of ether oxygens (including phenoxy) is 1. The van der Waals surface area contributed by atoms with E-state index in [-0.39, 0.29) is 0 Å². The molecule has 1 N–H and O–H groups in total. The zero-order chi connectivity index (χ0) is 22.3. The molecule has 0 unspecified atom stereocenters. The molecule has 0 aliphatic heterocycles. The molecule has 0 aliphatic carbocycles. The average Bonchev–Trinajstić information content (AvgIpc) is 2.83. The van der Waals surface area contributed by atoms with Crippen molar-refractivity contribution in [2.45, 2.75) is 25.8 Å². The largest absolute Gasteiger partial charge is 0.497 e. The van der Waals surface area contributed by atoms with E-state index in [1.54, 1.807) is 7.11 Å². The van der Waals surface area contributed by atoms with E-state index < -0.39 is 12.8 Å². The van der Waals surface area contributed by atoms with Crippen LogP contribution >= 0.6 is 7.29 Å². The third-order valence-corrected chi connectivity index (χ3v) is 8.15. The van der Waals surface area contributed by atoms with Crippen LogP contribution in [-0.2, 0) is 10.1 Å². The molecule has 0 bridgehead atoms. The minimum absolute atomic E-state index is 0.510. The molecule has 0 spiro atoms. The number of hydrogen-bond donors (Lipinski definition) is 1. The number of nitrogens with zero attached hydrogens (tertiary/aromatic N) is 1. The van der Waals surface area contributed by atoms with E-state index in [1.165, 1.54) is 0 Å². The van der Waals surface area contributed by atoms with Crippen molar-refractivity contribution in [3.8, 4) is 11.8 Å². The number of nitrogens with one attached hydrogen (secondary N) is 1. The molecule has 3 rings (SSSR count). The van der Waals surface area contributed by atoms with Crippen molar-refractivity contribution in [2.24, 2.45) is 0 Å². The van der Waals surface area contributed by atoms with E-state index >= 15 is 0 Å². The van der Waals surface area contributed by atoms with Crippen LogP contribution in [0.5, 0.6) is 5.75 Å². The highest BCUT2D eigenvalue weighted by atomic mass is 31.2. The number of nitriles is 1. The Morgan fingerprint density at radius 1 is 1.03 bits per heavy atom. The standard InChI is InChI=1S/C26H27N2O2P/c1-4-12-22(20-27)26(2,21-13-11-14-23(19-21)30-3)28-31(29,24-15-7-5-8-16-24)25-17-9-6-10-18-25/h5-19H,4H2,1-3H3,(H,28,29)/b22-12-/t26-/m0/s1. The highest BCUT2D eigenvalue weighted by Gasteiger charge is 2.40. The van der Waals surface area contributed by atoms with Gasteiger partial charge >= 0.3 is 0 Å². The van der Waals surface area contributed by atoms with Gasteiger partial charge in [-0.05, 0) is 55.3 Å². The number of benzene rings is 3. The molecule has 0 amide bonds. The van der Waals surface area contributed by atoms with Gasteiger partial charge in [0, 0.05) is 10.6 Å². The summed E-state index contributed by atoms with van der Waals surface area (Å²) < 4.78 is 20.1. The zero-order valence-corrected chi connectivity index (χ0v) is 19.0. The molecule has 0 aliphatic rings. The van der Waals surface area contributed by atoms with Gasteiger partial charge in [0.2, 0.25) is 7.29 Å². The monoisotopic (exact) mass is 430 g/mol. The third-order valence-electron chi connectivity index (χ3n) is 5.34. The van der Waals surface area contributed by atoms with E-state index in [2.05, 4.69) is 11.2 Å². The van der Waals surface area contributed by atoms with Crippen LogP contribution in [0.3, 0.4) is 0 Å². The van der Waals surface area contributed by atoms with Gasteiger partial charge in [-0.1, -0.05) is 61.5 Å². The minimum Gasteiger partial charge on any atom is -0.497 e. The van der Waals surface area contributed by atoms with Crippen LogP contribution in [0.1, 0.15) is 25.8 Å². The first-order valence-electron chi connectivity index (χ1n) is 10.2. The summed E-state index contributed by atoms with van der Waals surface area (Å²) in [4.78, 5) is 0. The molecule has 0 heterocycles. The lowest BCUT2D eigenvalue weighted by molar-refractivity contribution is 0.412. The second kappa shape index (κ2) is 9.79. The van der Waals surface area contributed by atoms with E-state index in [4.69, 9.17) is 4.74 Å². The normalized spacial score (nSPS) is 13.8. The quantitative estimate of drug-likeness (QED) is 0.390. The maximum Gasteiger partial charge on any atom is 0.205 e. The molecule has 31 heavy (non-hydrogen) atoms. The molecular formula is C26H27N2O2P. The Balaban J connectivity index is 2.26. The number of hydrogen-bond acceptors (Lipinski definition) is 3. The van der Waals surface area contributed by atoms with Gasteiger partial charge in [0.15, 0.2) is 0 Å². The summed E-state index contributed by atoms with van der Waals surface area (Å²) in [7, 11) is -1.70. The Kier molecular flexibility index (Phi) is 7.13. The van der Waals surface area contributed by atoms with Crippen LogP contribution in [0.15, 0.2) is 96.6 Å².